The van der Waals surface area contributed by atoms with E-state index in [1.165, 1.54) is 50.8 Å². The van der Waals surface area contributed by atoms with E-state index in [0.717, 1.165) is 6.42 Å². The molecule has 0 N–H and O–H groups in total. The topological polar surface area (TPSA) is 22.1 Å². The van der Waals surface area contributed by atoms with E-state index in [-0.39, 0.29) is 0 Å². The van der Waals surface area contributed by atoms with Gasteiger partial charge in [0.05, 0.1) is 12.8 Å². The molecule has 0 bridgehead atoms. The average molecular weight is 239 g/mol. The number of hydrogen-bond donors (Lipinski definition) is 0. The summed E-state index contributed by atoms with van der Waals surface area (Å²) < 4.78 is 18.0. The second kappa shape index (κ2) is 8.97. The van der Waals surface area contributed by atoms with Crippen molar-refractivity contribution in [2.45, 2.75) is 51.9 Å². The fraction of sp³-hybridized carbons (Fsp3) is 0.643. The molecule has 0 saturated carbocycles. The standard InChI is InChI=1S/C14H22FNO/c1-2-3-4-5-6-7-8-11-17-13-9-10-14(15)16-12-13/h9-10,12H,2-8,11H2,1H3. The molecule has 0 radical (unpaired) electrons. The van der Waals surface area contributed by atoms with Crippen LogP contribution in [0.4, 0.5) is 4.39 Å². The highest BCUT2D eigenvalue weighted by Crippen LogP contribution is 2.10. The van der Waals surface area contributed by atoms with Crippen LogP contribution in [0.1, 0.15) is 51.9 Å². The Hall–Kier alpha value is -1.12. The summed E-state index contributed by atoms with van der Waals surface area (Å²) in [6, 6.07) is 2.93. The van der Waals surface area contributed by atoms with E-state index >= 15 is 0 Å². The van der Waals surface area contributed by atoms with Gasteiger partial charge >= 0.3 is 0 Å². The first-order chi connectivity index (χ1) is 8.33. The number of ether oxygens (including phenoxy) is 1. The summed E-state index contributed by atoms with van der Waals surface area (Å²) in [5, 5.41) is 0. The quantitative estimate of drug-likeness (QED) is 0.472. The van der Waals surface area contributed by atoms with Crippen LogP contribution in [-0.4, -0.2) is 11.6 Å². The van der Waals surface area contributed by atoms with E-state index in [0.29, 0.717) is 12.4 Å². The van der Waals surface area contributed by atoms with Gasteiger partial charge in [-0.3, -0.25) is 0 Å². The van der Waals surface area contributed by atoms with Crippen molar-refractivity contribution < 1.29 is 9.13 Å². The van der Waals surface area contributed by atoms with Crippen molar-refractivity contribution in [2.24, 2.45) is 0 Å². The number of rotatable bonds is 9. The molecule has 0 fully saturated rings. The first-order valence-electron chi connectivity index (χ1n) is 6.57. The zero-order valence-corrected chi connectivity index (χ0v) is 10.6. The van der Waals surface area contributed by atoms with E-state index in [1.807, 2.05) is 0 Å². The van der Waals surface area contributed by atoms with Crippen LogP contribution in [0, 0.1) is 5.95 Å². The van der Waals surface area contributed by atoms with Crippen molar-refractivity contribution in [1.82, 2.24) is 4.98 Å². The molecule has 2 nitrogen and oxygen atoms in total. The van der Waals surface area contributed by atoms with Crippen LogP contribution >= 0.6 is 0 Å². The molecule has 17 heavy (non-hydrogen) atoms. The minimum atomic E-state index is -0.465. The van der Waals surface area contributed by atoms with Gasteiger partial charge in [0.25, 0.3) is 0 Å². The van der Waals surface area contributed by atoms with Crippen molar-refractivity contribution in [1.29, 1.82) is 0 Å². The summed E-state index contributed by atoms with van der Waals surface area (Å²) in [6.07, 6.45) is 10.3. The van der Waals surface area contributed by atoms with Crippen LogP contribution in [-0.2, 0) is 0 Å². The molecule has 1 rings (SSSR count). The molecule has 0 unspecified atom stereocenters. The molecule has 0 spiro atoms. The Morgan fingerprint density at radius 2 is 1.76 bits per heavy atom. The summed E-state index contributed by atoms with van der Waals surface area (Å²) in [5.41, 5.74) is 0. The van der Waals surface area contributed by atoms with Gasteiger partial charge in [-0.05, 0) is 18.6 Å². The maximum atomic E-state index is 12.5. The Morgan fingerprint density at radius 3 is 2.41 bits per heavy atom. The van der Waals surface area contributed by atoms with Gasteiger partial charge in [0.15, 0.2) is 0 Å². The van der Waals surface area contributed by atoms with Gasteiger partial charge in [-0.25, -0.2) is 4.98 Å². The monoisotopic (exact) mass is 239 g/mol. The van der Waals surface area contributed by atoms with Crippen molar-refractivity contribution in [2.75, 3.05) is 6.61 Å². The number of halogens is 1. The van der Waals surface area contributed by atoms with Gasteiger partial charge in [-0.2, -0.15) is 4.39 Å². The van der Waals surface area contributed by atoms with Crippen LogP contribution < -0.4 is 4.74 Å². The third-order valence-electron chi connectivity index (χ3n) is 2.72. The molecule has 0 amide bonds. The predicted octanol–water partition coefficient (Wildman–Crippen LogP) is 4.35. The van der Waals surface area contributed by atoms with Crippen LogP contribution in [0.15, 0.2) is 18.3 Å². The minimum absolute atomic E-state index is 0.465. The summed E-state index contributed by atoms with van der Waals surface area (Å²) >= 11 is 0. The fourth-order valence-electron chi connectivity index (χ4n) is 1.70. The molecule has 1 aromatic heterocycles. The van der Waals surface area contributed by atoms with Gasteiger partial charge in [-0.15, -0.1) is 0 Å². The molecule has 96 valence electrons. The van der Waals surface area contributed by atoms with Gasteiger partial charge in [0, 0.05) is 0 Å². The van der Waals surface area contributed by atoms with Gasteiger partial charge in [0.1, 0.15) is 5.75 Å². The first-order valence-corrected chi connectivity index (χ1v) is 6.57. The molecule has 1 aromatic rings. The second-order valence-electron chi connectivity index (χ2n) is 4.29. The molecule has 0 atom stereocenters. The number of hydrogen-bond acceptors (Lipinski definition) is 2. The number of nitrogens with zero attached hydrogens (tertiary/aromatic N) is 1. The predicted molar refractivity (Wildman–Crippen MR) is 67.7 cm³/mol. The molecule has 0 aromatic carbocycles. The third-order valence-corrected chi connectivity index (χ3v) is 2.72. The summed E-state index contributed by atoms with van der Waals surface area (Å²) in [6.45, 7) is 2.92. The number of aromatic nitrogens is 1. The zero-order chi connectivity index (χ0) is 12.3. The Kier molecular flexibility index (Phi) is 7.35. The molecule has 3 heteroatoms. The summed E-state index contributed by atoms with van der Waals surface area (Å²) in [4.78, 5) is 3.54. The van der Waals surface area contributed by atoms with E-state index in [1.54, 1.807) is 6.07 Å². The third kappa shape index (κ3) is 6.93. The van der Waals surface area contributed by atoms with E-state index in [9.17, 15) is 4.39 Å². The lowest BCUT2D eigenvalue weighted by Crippen LogP contribution is -1.98. The molecule has 0 aliphatic rings. The molecule has 1 heterocycles. The highest BCUT2D eigenvalue weighted by Gasteiger charge is 1.96. The van der Waals surface area contributed by atoms with Crippen molar-refractivity contribution >= 4 is 0 Å². The van der Waals surface area contributed by atoms with E-state index < -0.39 is 5.95 Å². The van der Waals surface area contributed by atoms with Crippen molar-refractivity contribution in [3.8, 4) is 5.75 Å². The summed E-state index contributed by atoms with van der Waals surface area (Å²) in [7, 11) is 0. The average Bonchev–Trinajstić information content (AvgIpc) is 2.35. The molecule has 0 aliphatic carbocycles. The number of unbranched alkanes of at least 4 members (excludes halogenated alkanes) is 6. The van der Waals surface area contributed by atoms with Crippen LogP contribution in [0.25, 0.3) is 0 Å². The Labute approximate surface area is 103 Å². The Balaban J connectivity index is 1.95. The smallest absolute Gasteiger partial charge is 0.213 e. The summed E-state index contributed by atoms with van der Waals surface area (Å²) in [5.74, 6) is 0.186. The Morgan fingerprint density at radius 1 is 1.06 bits per heavy atom. The molecular weight excluding hydrogens is 217 g/mol. The highest BCUT2D eigenvalue weighted by atomic mass is 19.1. The SMILES string of the molecule is CCCCCCCCCOc1ccc(F)nc1. The zero-order valence-electron chi connectivity index (χ0n) is 10.6. The minimum Gasteiger partial charge on any atom is -0.492 e. The normalized spacial score (nSPS) is 10.5. The Bertz CT molecular complexity index is 287. The fourth-order valence-corrected chi connectivity index (χ4v) is 1.70. The van der Waals surface area contributed by atoms with Gasteiger partial charge in [-0.1, -0.05) is 45.4 Å². The maximum Gasteiger partial charge on any atom is 0.213 e. The number of pyridine rings is 1. The largest absolute Gasteiger partial charge is 0.492 e. The highest BCUT2D eigenvalue weighted by molar-refractivity contribution is 5.15. The van der Waals surface area contributed by atoms with Crippen LogP contribution in [0.3, 0.4) is 0 Å². The maximum absolute atomic E-state index is 12.5. The lowest BCUT2D eigenvalue weighted by Gasteiger charge is -2.05. The molecule has 0 aliphatic heterocycles. The molecular formula is C14H22FNO. The first kappa shape index (κ1) is 13.9. The molecule has 0 saturated heterocycles. The lowest BCUT2D eigenvalue weighted by molar-refractivity contribution is 0.302. The van der Waals surface area contributed by atoms with Crippen molar-refractivity contribution in [3.63, 3.8) is 0 Å². The van der Waals surface area contributed by atoms with E-state index in [4.69, 9.17) is 4.74 Å². The van der Waals surface area contributed by atoms with Crippen LogP contribution in [0.2, 0.25) is 0 Å². The van der Waals surface area contributed by atoms with Crippen molar-refractivity contribution in [3.05, 3.63) is 24.3 Å². The van der Waals surface area contributed by atoms with Gasteiger partial charge < -0.3 is 4.74 Å². The second-order valence-corrected chi connectivity index (χ2v) is 4.29. The van der Waals surface area contributed by atoms with Gasteiger partial charge in [0.2, 0.25) is 5.95 Å². The van der Waals surface area contributed by atoms with E-state index in [2.05, 4.69) is 11.9 Å². The van der Waals surface area contributed by atoms with Crippen LogP contribution in [0.5, 0.6) is 5.75 Å². The lowest BCUT2D eigenvalue weighted by atomic mass is 10.1.